The Bertz CT molecular complexity index is 1120. The summed E-state index contributed by atoms with van der Waals surface area (Å²) in [7, 11) is 0. The number of carbonyl (C=O) groups excluding carboxylic acids is 4. The van der Waals surface area contributed by atoms with E-state index in [0.717, 1.165) is 48.7 Å². The van der Waals surface area contributed by atoms with E-state index in [4.69, 9.17) is 0 Å². The zero-order valence-electron chi connectivity index (χ0n) is 18.9. The molecule has 1 aliphatic carbocycles. The number of amides is 4. The number of imide groups is 1. The fourth-order valence-corrected chi connectivity index (χ4v) is 5.88. The SMILES string of the molecule is O=C(Nc1ccc(CN2C(=O)CSC2=O)cc1)C1CCCCC1C(=O)N1CCc2ccccc21. The second kappa shape index (κ2) is 9.62. The number of anilines is 2. The lowest BCUT2D eigenvalue weighted by molar-refractivity contribution is -0.132. The second-order valence-corrected chi connectivity index (χ2v) is 10.0. The van der Waals surface area contributed by atoms with Gasteiger partial charge in [0.15, 0.2) is 0 Å². The number of hydrogen-bond donors (Lipinski definition) is 1. The fraction of sp³-hybridized carbons (Fsp3) is 0.385. The second-order valence-electron chi connectivity index (χ2n) is 9.09. The molecular weight excluding hydrogens is 450 g/mol. The van der Waals surface area contributed by atoms with Crippen molar-refractivity contribution in [2.75, 3.05) is 22.5 Å². The van der Waals surface area contributed by atoms with Crippen molar-refractivity contribution in [1.82, 2.24) is 4.90 Å². The van der Waals surface area contributed by atoms with Crippen LogP contribution in [0, 0.1) is 11.8 Å². The molecule has 2 aromatic carbocycles. The lowest BCUT2D eigenvalue weighted by Crippen LogP contribution is -2.43. The average Bonchev–Trinajstić information content (AvgIpc) is 3.43. The molecule has 3 aliphatic rings. The molecule has 0 spiro atoms. The Morgan fingerprint density at radius 3 is 2.44 bits per heavy atom. The van der Waals surface area contributed by atoms with Crippen molar-refractivity contribution in [3.8, 4) is 0 Å². The summed E-state index contributed by atoms with van der Waals surface area (Å²) in [4.78, 5) is 53.4. The summed E-state index contributed by atoms with van der Waals surface area (Å²) in [6.45, 7) is 0.903. The molecular formula is C26H27N3O4S. The number of nitrogens with one attached hydrogen (secondary N) is 1. The highest BCUT2D eigenvalue weighted by atomic mass is 32.2. The minimum absolute atomic E-state index is 0.0537. The van der Waals surface area contributed by atoms with E-state index in [2.05, 4.69) is 11.4 Å². The zero-order chi connectivity index (χ0) is 23.7. The summed E-state index contributed by atoms with van der Waals surface area (Å²) in [5, 5.41) is 2.76. The first-order chi connectivity index (χ1) is 16.5. The van der Waals surface area contributed by atoms with Gasteiger partial charge in [-0.3, -0.25) is 24.1 Å². The molecule has 5 rings (SSSR count). The number of rotatable bonds is 5. The smallest absolute Gasteiger partial charge is 0.289 e. The normalized spacial score (nSPS) is 22.1. The lowest BCUT2D eigenvalue weighted by atomic mass is 9.77. The van der Waals surface area contributed by atoms with Gasteiger partial charge >= 0.3 is 0 Å². The monoisotopic (exact) mass is 477 g/mol. The largest absolute Gasteiger partial charge is 0.326 e. The summed E-state index contributed by atoms with van der Waals surface area (Å²) < 4.78 is 0. The highest BCUT2D eigenvalue weighted by Gasteiger charge is 2.39. The third-order valence-electron chi connectivity index (χ3n) is 6.98. The molecule has 0 aromatic heterocycles. The highest BCUT2D eigenvalue weighted by Crippen LogP contribution is 2.36. The van der Waals surface area contributed by atoms with Crippen LogP contribution in [-0.2, 0) is 27.3 Å². The molecule has 4 amide bonds. The predicted octanol–water partition coefficient (Wildman–Crippen LogP) is 4.22. The number of fused-ring (bicyclic) bond motifs is 1. The molecule has 0 radical (unpaired) electrons. The Kier molecular flexibility index (Phi) is 6.41. The van der Waals surface area contributed by atoms with Crippen molar-refractivity contribution in [3.63, 3.8) is 0 Å². The van der Waals surface area contributed by atoms with Crippen LogP contribution >= 0.6 is 11.8 Å². The van der Waals surface area contributed by atoms with Gasteiger partial charge in [-0.15, -0.1) is 0 Å². The molecule has 2 heterocycles. The van der Waals surface area contributed by atoms with Crippen molar-refractivity contribution >= 4 is 46.1 Å². The summed E-state index contributed by atoms with van der Waals surface area (Å²) in [6.07, 6.45) is 4.17. The maximum Gasteiger partial charge on any atom is 0.289 e. The van der Waals surface area contributed by atoms with Gasteiger partial charge < -0.3 is 10.2 Å². The van der Waals surface area contributed by atoms with Crippen LogP contribution in [0.4, 0.5) is 16.2 Å². The summed E-state index contributed by atoms with van der Waals surface area (Å²) in [5.41, 5.74) is 3.62. The minimum Gasteiger partial charge on any atom is -0.326 e. The predicted molar refractivity (Wildman–Crippen MR) is 131 cm³/mol. The van der Waals surface area contributed by atoms with Crippen LogP contribution in [0.15, 0.2) is 48.5 Å². The number of benzene rings is 2. The van der Waals surface area contributed by atoms with Crippen LogP contribution < -0.4 is 10.2 Å². The van der Waals surface area contributed by atoms with Gasteiger partial charge in [0.25, 0.3) is 5.24 Å². The van der Waals surface area contributed by atoms with E-state index in [1.807, 2.05) is 35.2 Å². The molecule has 2 unspecified atom stereocenters. The lowest BCUT2D eigenvalue weighted by Gasteiger charge is -2.32. The maximum atomic E-state index is 13.5. The Labute approximate surface area is 202 Å². The molecule has 34 heavy (non-hydrogen) atoms. The first kappa shape index (κ1) is 22.7. The molecule has 176 valence electrons. The van der Waals surface area contributed by atoms with Crippen LogP contribution in [0.1, 0.15) is 36.8 Å². The molecule has 2 atom stereocenters. The van der Waals surface area contributed by atoms with Crippen LogP contribution in [0.2, 0.25) is 0 Å². The molecule has 1 saturated heterocycles. The first-order valence-electron chi connectivity index (χ1n) is 11.8. The third kappa shape index (κ3) is 4.46. The number of para-hydroxylation sites is 1. The molecule has 7 nitrogen and oxygen atoms in total. The Morgan fingerprint density at radius 1 is 0.971 bits per heavy atom. The van der Waals surface area contributed by atoms with E-state index >= 15 is 0 Å². The Morgan fingerprint density at radius 2 is 1.71 bits per heavy atom. The van der Waals surface area contributed by atoms with Crippen LogP contribution in [0.5, 0.6) is 0 Å². The molecule has 2 aromatic rings. The molecule has 1 N–H and O–H groups in total. The van der Waals surface area contributed by atoms with E-state index in [9.17, 15) is 19.2 Å². The van der Waals surface area contributed by atoms with Crippen molar-refractivity contribution in [1.29, 1.82) is 0 Å². The van der Waals surface area contributed by atoms with Gasteiger partial charge in [0.05, 0.1) is 18.2 Å². The van der Waals surface area contributed by atoms with Crippen molar-refractivity contribution in [3.05, 3.63) is 59.7 Å². The fourth-order valence-electron chi connectivity index (χ4n) is 5.15. The summed E-state index contributed by atoms with van der Waals surface area (Å²) in [6, 6.07) is 15.2. The minimum atomic E-state index is -0.356. The molecule has 2 aliphatic heterocycles. The molecule has 0 bridgehead atoms. The standard InChI is InChI=1S/C26H27N3O4S/c30-23-16-34-26(33)29(23)15-17-9-11-19(12-10-17)27-24(31)20-6-2-3-7-21(20)25(32)28-14-13-18-5-1-4-8-22(18)28/h1,4-5,8-12,20-21H,2-3,6-7,13-16H2,(H,27,31). The number of nitrogens with zero attached hydrogens (tertiary/aromatic N) is 2. The molecule has 8 heteroatoms. The van der Waals surface area contributed by atoms with Gasteiger partial charge in [-0.2, -0.15) is 0 Å². The Hall–Kier alpha value is -3.13. The number of thioether (sulfide) groups is 1. The quantitative estimate of drug-likeness (QED) is 0.697. The van der Waals surface area contributed by atoms with E-state index < -0.39 is 0 Å². The van der Waals surface area contributed by atoms with Gasteiger partial charge in [0.2, 0.25) is 17.7 Å². The van der Waals surface area contributed by atoms with Gasteiger partial charge in [-0.05, 0) is 48.6 Å². The average molecular weight is 478 g/mol. The van der Waals surface area contributed by atoms with Crippen LogP contribution in [0.3, 0.4) is 0 Å². The van der Waals surface area contributed by atoms with Crippen molar-refractivity contribution < 1.29 is 19.2 Å². The topological polar surface area (TPSA) is 86.8 Å². The van der Waals surface area contributed by atoms with Crippen LogP contribution in [0.25, 0.3) is 0 Å². The van der Waals surface area contributed by atoms with Gasteiger partial charge in [-0.1, -0.05) is 54.9 Å². The van der Waals surface area contributed by atoms with Crippen molar-refractivity contribution in [2.45, 2.75) is 38.6 Å². The van der Waals surface area contributed by atoms with Crippen LogP contribution in [-0.4, -0.2) is 40.2 Å². The van der Waals surface area contributed by atoms with Gasteiger partial charge in [0, 0.05) is 23.8 Å². The van der Waals surface area contributed by atoms with E-state index in [1.165, 1.54) is 10.5 Å². The van der Waals surface area contributed by atoms with E-state index in [0.29, 0.717) is 18.7 Å². The molecule has 2 fully saturated rings. The third-order valence-corrected chi connectivity index (χ3v) is 7.83. The van der Waals surface area contributed by atoms with E-state index in [1.54, 1.807) is 12.1 Å². The highest BCUT2D eigenvalue weighted by molar-refractivity contribution is 8.14. The summed E-state index contributed by atoms with van der Waals surface area (Å²) in [5.74, 6) is -0.731. The zero-order valence-corrected chi connectivity index (χ0v) is 19.7. The summed E-state index contributed by atoms with van der Waals surface area (Å²) >= 11 is 1.02. The van der Waals surface area contributed by atoms with E-state index in [-0.39, 0.29) is 47.1 Å². The van der Waals surface area contributed by atoms with Gasteiger partial charge in [-0.25, -0.2) is 0 Å². The van der Waals surface area contributed by atoms with Crippen molar-refractivity contribution in [2.24, 2.45) is 11.8 Å². The number of carbonyl (C=O) groups is 4. The maximum absolute atomic E-state index is 13.5. The first-order valence-corrected chi connectivity index (χ1v) is 12.8. The molecule has 1 saturated carbocycles. The number of hydrogen-bond acceptors (Lipinski definition) is 5. The van der Waals surface area contributed by atoms with Gasteiger partial charge in [0.1, 0.15) is 0 Å². The Balaban J connectivity index is 1.25.